The maximum absolute atomic E-state index is 13.1. The van der Waals surface area contributed by atoms with Crippen molar-refractivity contribution in [1.82, 2.24) is 15.1 Å². The molecule has 2 saturated heterocycles. The van der Waals surface area contributed by atoms with Gasteiger partial charge in [0.2, 0.25) is 0 Å². The van der Waals surface area contributed by atoms with Crippen molar-refractivity contribution in [1.29, 1.82) is 0 Å². The van der Waals surface area contributed by atoms with Crippen LogP contribution in [0.3, 0.4) is 0 Å². The minimum Gasteiger partial charge on any atom is -0.369 e. The molecule has 2 aromatic rings. The van der Waals surface area contributed by atoms with Crippen molar-refractivity contribution in [3.05, 3.63) is 59.2 Å². The highest BCUT2D eigenvalue weighted by atomic mass is 16.1. The van der Waals surface area contributed by atoms with Gasteiger partial charge in [0.1, 0.15) is 0 Å². The van der Waals surface area contributed by atoms with Crippen LogP contribution in [0.2, 0.25) is 0 Å². The number of carbonyl (C=O) groups excluding carboxylic acids is 1. The van der Waals surface area contributed by atoms with E-state index in [1.165, 1.54) is 5.69 Å². The number of nitrogens with one attached hydrogen (secondary N) is 1. The van der Waals surface area contributed by atoms with Gasteiger partial charge in [0, 0.05) is 69.3 Å². The lowest BCUT2D eigenvalue weighted by atomic mass is 10.0. The van der Waals surface area contributed by atoms with Gasteiger partial charge in [-0.2, -0.15) is 0 Å². The minimum absolute atomic E-state index is 0.00544. The number of likely N-dealkylation sites (N-methyl/N-ethyl adjacent to an activating group) is 2. The number of hydrogen-bond donors (Lipinski definition) is 1. The molecule has 0 aromatic heterocycles. The molecule has 0 radical (unpaired) electrons. The van der Waals surface area contributed by atoms with E-state index in [1.807, 2.05) is 6.92 Å². The van der Waals surface area contributed by atoms with E-state index in [1.54, 1.807) is 0 Å². The van der Waals surface area contributed by atoms with Gasteiger partial charge in [-0.15, -0.1) is 0 Å². The van der Waals surface area contributed by atoms with Crippen molar-refractivity contribution in [2.24, 2.45) is 0 Å². The van der Waals surface area contributed by atoms with Crippen LogP contribution in [0.5, 0.6) is 0 Å². The predicted octanol–water partition coefficient (Wildman–Crippen LogP) is 2.99. The highest BCUT2D eigenvalue weighted by Gasteiger charge is 2.19. The van der Waals surface area contributed by atoms with Crippen LogP contribution in [-0.4, -0.2) is 82.2 Å². The number of piperazine rings is 2. The second-order valence-corrected chi connectivity index (χ2v) is 9.37. The van der Waals surface area contributed by atoms with Crippen LogP contribution in [-0.2, 0) is 0 Å². The van der Waals surface area contributed by atoms with Gasteiger partial charge in [0.15, 0.2) is 0 Å². The molecule has 1 N–H and O–H groups in total. The summed E-state index contributed by atoms with van der Waals surface area (Å²) in [4.78, 5) is 22.6. The monoisotopic (exact) mass is 435 g/mol. The van der Waals surface area contributed by atoms with Gasteiger partial charge >= 0.3 is 0 Å². The number of rotatable bonds is 5. The summed E-state index contributed by atoms with van der Waals surface area (Å²) in [7, 11) is 4.33. The first-order valence-electron chi connectivity index (χ1n) is 11.8. The third kappa shape index (κ3) is 5.25. The zero-order valence-electron chi connectivity index (χ0n) is 20.0. The van der Waals surface area contributed by atoms with Gasteiger partial charge in [-0.3, -0.25) is 4.79 Å². The normalized spacial score (nSPS) is 19.1. The molecule has 6 heteroatoms. The number of amides is 1. The van der Waals surface area contributed by atoms with E-state index in [2.05, 4.69) is 88.4 Å². The third-order valence-corrected chi connectivity index (χ3v) is 6.94. The van der Waals surface area contributed by atoms with Crippen LogP contribution in [0.25, 0.3) is 0 Å². The number of carbonyl (C=O) groups is 1. The highest BCUT2D eigenvalue weighted by Crippen LogP contribution is 2.23. The quantitative estimate of drug-likeness (QED) is 0.782. The largest absolute Gasteiger partial charge is 0.369 e. The fourth-order valence-electron chi connectivity index (χ4n) is 4.51. The van der Waals surface area contributed by atoms with E-state index in [-0.39, 0.29) is 11.9 Å². The standard InChI is InChI=1S/C26H37N5O/c1-20-5-8-24(31-17-13-29(4)14-18-31)19-25(20)26(32)27-21(2)22-6-9-23(10-7-22)30-15-11-28(3)12-16-30/h5-10,19,21H,11-18H2,1-4H3,(H,27,32)/t21-/m1/s1. The van der Waals surface area contributed by atoms with Crippen LogP contribution in [0.4, 0.5) is 11.4 Å². The average Bonchev–Trinajstić information content (AvgIpc) is 2.80. The van der Waals surface area contributed by atoms with Crippen molar-refractivity contribution in [2.45, 2.75) is 19.9 Å². The second kappa shape index (κ2) is 9.92. The van der Waals surface area contributed by atoms with Gasteiger partial charge < -0.3 is 24.9 Å². The summed E-state index contributed by atoms with van der Waals surface area (Å²) in [6.45, 7) is 12.5. The molecule has 0 bridgehead atoms. The molecule has 2 fully saturated rings. The molecule has 2 aliphatic heterocycles. The Balaban J connectivity index is 1.40. The lowest BCUT2D eigenvalue weighted by Crippen LogP contribution is -2.44. The molecular formula is C26H37N5O. The first kappa shape index (κ1) is 22.6. The first-order valence-corrected chi connectivity index (χ1v) is 11.8. The molecule has 172 valence electrons. The lowest BCUT2D eigenvalue weighted by Gasteiger charge is -2.34. The van der Waals surface area contributed by atoms with Gasteiger partial charge in [-0.25, -0.2) is 0 Å². The van der Waals surface area contributed by atoms with Gasteiger partial charge in [-0.05, 0) is 63.3 Å². The van der Waals surface area contributed by atoms with E-state index in [4.69, 9.17) is 0 Å². The predicted molar refractivity (Wildman–Crippen MR) is 133 cm³/mol. The second-order valence-electron chi connectivity index (χ2n) is 9.37. The fourth-order valence-corrected chi connectivity index (χ4v) is 4.51. The molecule has 0 unspecified atom stereocenters. The van der Waals surface area contributed by atoms with Crippen LogP contribution >= 0.6 is 0 Å². The average molecular weight is 436 g/mol. The fraction of sp³-hybridized carbons (Fsp3) is 0.500. The van der Waals surface area contributed by atoms with Gasteiger partial charge in [-0.1, -0.05) is 18.2 Å². The molecule has 2 aliphatic rings. The first-order chi connectivity index (χ1) is 15.4. The topological polar surface area (TPSA) is 42.1 Å². The van der Waals surface area contributed by atoms with E-state index >= 15 is 0 Å². The number of anilines is 2. The van der Waals surface area contributed by atoms with Crippen LogP contribution in [0, 0.1) is 6.92 Å². The van der Waals surface area contributed by atoms with Crippen LogP contribution in [0.1, 0.15) is 34.5 Å². The van der Waals surface area contributed by atoms with Crippen molar-refractivity contribution in [3.8, 4) is 0 Å². The Bertz CT molecular complexity index is 912. The molecule has 6 nitrogen and oxygen atoms in total. The van der Waals surface area contributed by atoms with Crippen LogP contribution < -0.4 is 15.1 Å². The summed E-state index contributed by atoms with van der Waals surface area (Å²) < 4.78 is 0. The Labute approximate surface area is 192 Å². The number of benzene rings is 2. The summed E-state index contributed by atoms with van der Waals surface area (Å²) >= 11 is 0. The van der Waals surface area contributed by atoms with Crippen molar-refractivity contribution in [2.75, 3.05) is 76.3 Å². The van der Waals surface area contributed by atoms with Gasteiger partial charge in [0.25, 0.3) is 5.91 Å². The summed E-state index contributed by atoms with van der Waals surface area (Å²) in [6, 6.07) is 14.9. The Hall–Kier alpha value is -2.57. The summed E-state index contributed by atoms with van der Waals surface area (Å²) in [5, 5.41) is 3.21. The molecule has 0 saturated carbocycles. The Morgan fingerprint density at radius 1 is 0.781 bits per heavy atom. The molecule has 0 aliphatic carbocycles. The van der Waals surface area contributed by atoms with Crippen molar-refractivity contribution < 1.29 is 4.79 Å². The number of aryl methyl sites for hydroxylation is 1. The Kier molecular flexibility index (Phi) is 7.01. The third-order valence-electron chi connectivity index (χ3n) is 6.94. The molecule has 32 heavy (non-hydrogen) atoms. The summed E-state index contributed by atoms with van der Waals surface area (Å²) in [5.41, 5.74) is 5.30. The molecule has 1 atom stereocenters. The van der Waals surface area contributed by atoms with Gasteiger partial charge in [0.05, 0.1) is 6.04 Å². The SMILES string of the molecule is Cc1ccc(N2CCN(C)CC2)cc1C(=O)N[C@H](C)c1ccc(N2CCN(C)CC2)cc1. The number of nitrogens with zero attached hydrogens (tertiary/aromatic N) is 4. The molecule has 4 rings (SSSR count). The van der Waals surface area contributed by atoms with Crippen LogP contribution in [0.15, 0.2) is 42.5 Å². The minimum atomic E-state index is -0.0456. The van der Waals surface area contributed by atoms with E-state index in [9.17, 15) is 4.79 Å². The zero-order chi connectivity index (χ0) is 22.7. The maximum Gasteiger partial charge on any atom is 0.252 e. The summed E-state index contributed by atoms with van der Waals surface area (Å²) in [6.07, 6.45) is 0. The van der Waals surface area contributed by atoms with E-state index < -0.39 is 0 Å². The Morgan fingerprint density at radius 2 is 1.28 bits per heavy atom. The molecule has 2 aromatic carbocycles. The molecular weight excluding hydrogens is 398 g/mol. The Morgan fingerprint density at radius 3 is 1.84 bits per heavy atom. The van der Waals surface area contributed by atoms with E-state index in [0.717, 1.165) is 74.7 Å². The smallest absolute Gasteiger partial charge is 0.252 e. The molecule has 1 amide bonds. The number of hydrogen-bond acceptors (Lipinski definition) is 5. The maximum atomic E-state index is 13.1. The zero-order valence-corrected chi connectivity index (χ0v) is 20.0. The highest BCUT2D eigenvalue weighted by molar-refractivity contribution is 5.96. The molecule has 0 spiro atoms. The summed E-state index contributed by atoms with van der Waals surface area (Å²) in [5.74, 6) is -0.00544. The van der Waals surface area contributed by atoms with E-state index in [0.29, 0.717) is 0 Å². The van der Waals surface area contributed by atoms with Crippen molar-refractivity contribution >= 4 is 17.3 Å². The molecule has 2 heterocycles. The lowest BCUT2D eigenvalue weighted by molar-refractivity contribution is 0.0939. The van der Waals surface area contributed by atoms with Crippen molar-refractivity contribution in [3.63, 3.8) is 0 Å².